The van der Waals surface area contributed by atoms with Gasteiger partial charge in [0.25, 0.3) is 0 Å². The van der Waals surface area contributed by atoms with Gasteiger partial charge in [-0.2, -0.15) is 0 Å². The maximum atomic E-state index is 12.6. The number of carbonyl (C=O) groups excluding carboxylic acids is 2. The van der Waals surface area contributed by atoms with Gasteiger partial charge in [-0.1, -0.05) is 224 Å². The molecule has 0 aliphatic carbocycles. The van der Waals surface area contributed by atoms with Crippen molar-refractivity contribution in [2.45, 2.75) is 271 Å². The second-order valence-electron chi connectivity index (χ2n) is 17.2. The molecule has 0 radical (unpaired) electrons. The van der Waals surface area contributed by atoms with Gasteiger partial charge in [0, 0.05) is 12.8 Å². The van der Waals surface area contributed by atoms with Gasteiger partial charge in [-0.25, -0.2) is 4.57 Å². The van der Waals surface area contributed by atoms with E-state index in [-0.39, 0.29) is 25.6 Å². The number of hydrogen-bond acceptors (Lipinski definition) is 7. The molecule has 60 heavy (non-hydrogen) atoms. The van der Waals surface area contributed by atoms with Gasteiger partial charge in [-0.15, -0.1) is 0 Å². The smallest absolute Gasteiger partial charge is 0.462 e. The van der Waals surface area contributed by atoms with E-state index in [1.165, 1.54) is 173 Å². The maximum absolute atomic E-state index is 12.6. The lowest BCUT2D eigenvalue weighted by Gasteiger charge is -2.19. The zero-order chi connectivity index (χ0) is 43.9. The van der Waals surface area contributed by atoms with E-state index >= 15 is 0 Å². The molecular formula is C51H97O8P. The largest absolute Gasteiger partial charge is 0.472 e. The van der Waals surface area contributed by atoms with Crippen LogP contribution in [0.2, 0.25) is 0 Å². The quantitative estimate of drug-likeness (QED) is 0.0279. The van der Waals surface area contributed by atoms with Crippen molar-refractivity contribution in [1.29, 1.82) is 0 Å². The molecule has 0 aliphatic heterocycles. The Labute approximate surface area is 371 Å². The van der Waals surface area contributed by atoms with Crippen LogP contribution in [0.5, 0.6) is 0 Å². The highest BCUT2D eigenvalue weighted by molar-refractivity contribution is 7.47. The average Bonchev–Trinajstić information content (AvgIpc) is 3.23. The minimum absolute atomic E-state index is 0.000969. The normalized spacial score (nSPS) is 13.3. The van der Waals surface area contributed by atoms with Crippen molar-refractivity contribution < 1.29 is 37.6 Å². The summed E-state index contributed by atoms with van der Waals surface area (Å²) in [5.41, 5.74) is 0. The molecule has 2 unspecified atom stereocenters. The number of esters is 2. The molecule has 0 bridgehead atoms. The molecule has 354 valence electrons. The van der Waals surface area contributed by atoms with Crippen molar-refractivity contribution in [3.8, 4) is 0 Å². The number of carbonyl (C=O) groups is 2. The van der Waals surface area contributed by atoms with Gasteiger partial charge in [-0.3, -0.25) is 18.6 Å². The Morgan fingerprint density at radius 1 is 0.450 bits per heavy atom. The lowest BCUT2D eigenvalue weighted by atomic mass is 10.0. The summed E-state index contributed by atoms with van der Waals surface area (Å²) in [6, 6.07) is 0. The number of rotatable bonds is 48. The van der Waals surface area contributed by atoms with Crippen LogP contribution in [0.3, 0.4) is 0 Å². The molecule has 0 aromatic heterocycles. The van der Waals surface area contributed by atoms with Crippen LogP contribution in [0.15, 0.2) is 24.3 Å². The van der Waals surface area contributed by atoms with Crippen molar-refractivity contribution >= 4 is 19.8 Å². The highest BCUT2D eigenvalue weighted by atomic mass is 31.2. The van der Waals surface area contributed by atoms with Gasteiger partial charge >= 0.3 is 19.8 Å². The van der Waals surface area contributed by atoms with E-state index < -0.39 is 26.5 Å². The summed E-state index contributed by atoms with van der Waals surface area (Å²) in [5.74, 6) is -0.792. The Kier molecular flexibility index (Phi) is 45.9. The molecular weight excluding hydrogens is 772 g/mol. The van der Waals surface area contributed by atoms with Gasteiger partial charge in [0.1, 0.15) is 6.61 Å². The van der Waals surface area contributed by atoms with Crippen molar-refractivity contribution in [1.82, 2.24) is 0 Å². The minimum Gasteiger partial charge on any atom is -0.462 e. The van der Waals surface area contributed by atoms with Crippen LogP contribution in [-0.4, -0.2) is 42.8 Å². The van der Waals surface area contributed by atoms with Gasteiger partial charge < -0.3 is 14.4 Å². The zero-order valence-corrected chi connectivity index (χ0v) is 40.5. The Balaban J connectivity index is 3.95. The second-order valence-corrected chi connectivity index (χ2v) is 18.6. The standard InChI is InChI=1S/C51H97O8P/c1-4-7-9-11-13-15-17-19-21-23-25-26-27-28-30-31-33-35-37-39-41-43-45-50(52)56-47-49(48-58-60(54,55)57-6-3)59-51(53)46-44-42-40-38-36-34-32-29-24-22-20-18-16-14-12-10-8-5-2/h16,18,22,24,49H,4-15,17,19-21,23,25-48H2,1-3H3,(H,54,55)/b18-16-,24-22-. The van der Waals surface area contributed by atoms with Crippen LogP contribution in [0.4, 0.5) is 0 Å². The van der Waals surface area contributed by atoms with Crippen LogP contribution < -0.4 is 0 Å². The number of unbranched alkanes of at least 4 members (excludes halogenated alkanes) is 32. The highest BCUT2D eigenvalue weighted by Crippen LogP contribution is 2.43. The first-order valence-corrected chi connectivity index (χ1v) is 27.1. The van der Waals surface area contributed by atoms with Crippen LogP contribution >= 0.6 is 7.82 Å². The zero-order valence-electron chi connectivity index (χ0n) is 39.6. The van der Waals surface area contributed by atoms with Crippen molar-refractivity contribution in [3.05, 3.63) is 24.3 Å². The predicted molar refractivity (Wildman–Crippen MR) is 253 cm³/mol. The minimum atomic E-state index is -4.28. The molecule has 0 amide bonds. The summed E-state index contributed by atoms with van der Waals surface area (Å²) >= 11 is 0. The van der Waals surface area contributed by atoms with E-state index in [1.807, 2.05) is 0 Å². The first kappa shape index (κ1) is 58.5. The van der Waals surface area contributed by atoms with Crippen molar-refractivity contribution in [2.24, 2.45) is 0 Å². The van der Waals surface area contributed by atoms with Crippen molar-refractivity contribution in [2.75, 3.05) is 19.8 Å². The Morgan fingerprint density at radius 2 is 0.800 bits per heavy atom. The molecule has 0 aromatic rings. The fourth-order valence-corrected chi connectivity index (χ4v) is 8.24. The first-order valence-electron chi connectivity index (χ1n) is 25.6. The summed E-state index contributed by atoms with van der Waals surface area (Å²) in [6.45, 7) is 5.50. The maximum Gasteiger partial charge on any atom is 0.472 e. The third-order valence-corrected chi connectivity index (χ3v) is 12.3. The first-order chi connectivity index (χ1) is 29.3. The molecule has 0 saturated heterocycles. The van der Waals surface area contributed by atoms with E-state index in [4.69, 9.17) is 18.5 Å². The Bertz CT molecular complexity index is 1030. The molecule has 1 N–H and O–H groups in total. The third-order valence-electron chi connectivity index (χ3n) is 11.3. The molecule has 9 heteroatoms. The fraction of sp³-hybridized carbons (Fsp3) is 0.882. The van der Waals surface area contributed by atoms with Crippen molar-refractivity contribution in [3.63, 3.8) is 0 Å². The molecule has 0 aromatic carbocycles. The lowest BCUT2D eigenvalue weighted by Crippen LogP contribution is -2.29. The molecule has 0 heterocycles. The van der Waals surface area contributed by atoms with E-state index in [1.54, 1.807) is 6.92 Å². The molecule has 2 atom stereocenters. The van der Waals surface area contributed by atoms with Crippen LogP contribution in [0, 0.1) is 0 Å². The molecule has 0 rings (SSSR count). The van der Waals surface area contributed by atoms with Gasteiger partial charge in [0.15, 0.2) is 6.10 Å². The summed E-state index contributed by atoms with van der Waals surface area (Å²) in [4.78, 5) is 34.9. The van der Waals surface area contributed by atoms with Gasteiger partial charge in [-0.05, 0) is 51.9 Å². The number of hydrogen-bond donors (Lipinski definition) is 1. The average molecular weight is 869 g/mol. The van der Waals surface area contributed by atoms with Crippen LogP contribution in [-0.2, 0) is 32.7 Å². The topological polar surface area (TPSA) is 108 Å². The van der Waals surface area contributed by atoms with E-state index in [9.17, 15) is 19.0 Å². The number of allylic oxidation sites excluding steroid dienone is 4. The number of phosphoric ester groups is 1. The molecule has 8 nitrogen and oxygen atoms in total. The van der Waals surface area contributed by atoms with Gasteiger partial charge in [0.05, 0.1) is 13.2 Å². The Morgan fingerprint density at radius 3 is 1.20 bits per heavy atom. The summed E-state index contributed by atoms with van der Waals surface area (Å²) in [5, 5.41) is 0. The van der Waals surface area contributed by atoms with E-state index in [2.05, 4.69) is 38.2 Å². The lowest BCUT2D eigenvalue weighted by molar-refractivity contribution is -0.161. The Hall–Kier alpha value is -1.47. The highest BCUT2D eigenvalue weighted by Gasteiger charge is 2.25. The second kappa shape index (κ2) is 47.0. The summed E-state index contributed by atoms with van der Waals surface area (Å²) in [6.07, 6.45) is 53.8. The SMILES string of the molecule is CCCCCC/C=C\C/C=C\CCCCCCCCCC(=O)OC(COC(=O)CCCCCCCCCCCCCCCCCCCCCCCC)COP(=O)(O)OCC. The predicted octanol–water partition coefficient (Wildman–Crippen LogP) is 16.6. The third kappa shape index (κ3) is 46.0. The van der Waals surface area contributed by atoms with Gasteiger partial charge in [0.2, 0.25) is 0 Å². The molecule has 0 spiro atoms. The molecule has 0 aliphatic rings. The van der Waals surface area contributed by atoms with E-state index in [0.717, 1.165) is 51.4 Å². The van der Waals surface area contributed by atoms with E-state index in [0.29, 0.717) is 12.8 Å². The molecule has 0 saturated carbocycles. The number of phosphoric acid groups is 1. The van der Waals surface area contributed by atoms with Crippen LogP contribution in [0.25, 0.3) is 0 Å². The monoisotopic (exact) mass is 869 g/mol. The summed E-state index contributed by atoms with van der Waals surface area (Å²) < 4.78 is 32.8. The summed E-state index contributed by atoms with van der Waals surface area (Å²) in [7, 11) is -4.28. The van der Waals surface area contributed by atoms with Crippen LogP contribution in [0.1, 0.15) is 265 Å². The molecule has 0 fully saturated rings. The fourth-order valence-electron chi connectivity index (χ4n) is 7.49. The number of ether oxygens (including phenoxy) is 2.